The van der Waals surface area contributed by atoms with Gasteiger partial charge in [-0.15, -0.1) is 5.10 Å². The number of aliphatic hydroxyl groups is 3. The van der Waals surface area contributed by atoms with Crippen LogP contribution in [0.3, 0.4) is 0 Å². The van der Waals surface area contributed by atoms with Crippen LogP contribution in [-0.2, 0) is 46.2 Å². The van der Waals surface area contributed by atoms with E-state index in [1.54, 1.807) is 17.8 Å². The van der Waals surface area contributed by atoms with Crippen molar-refractivity contribution in [3.63, 3.8) is 0 Å². The molecule has 3 rings (SSSR count). The topological polar surface area (TPSA) is 173 Å². The first kappa shape index (κ1) is 38.6. The summed E-state index contributed by atoms with van der Waals surface area (Å²) in [5.41, 5.74) is 0.686. The van der Waals surface area contributed by atoms with Crippen LogP contribution in [0.1, 0.15) is 19.0 Å². The van der Waals surface area contributed by atoms with Crippen LogP contribution >= 0.6 is 0 Å². The van der Waals surface area contributed by atoms with Crippen LogP contribution in [0.4, 0.5) is 22.0 Å². The molecule has 1 fully saturated rings. The van der Waals surface area contributed by atoms with Crippen molar-refractivity contribution in [2.24, 2.45) is 5.92 Å². The third kappa shape index (κ3) is 11.9. The molecule has 0 aliphatic carbocycles. The highest BCUT2D eigenvalue weighted by molar-refractivity contribution is 5.72. The molecule has 266 valence electrons. The van der Waals surface area contributed by atoms with Crippen molar-refractivity contribution in [1.82, 2.24) is 15.0 Å². The summed E-state index contributed by atoms with van der Waals surface area (Å²) in [5.74, 6) is -14.8. The fourth-order valence-electron chi connectivity index (χ4n) is 4.07. The van der Waals surface area contributed by atoms with Crippen molar-refractivity contribution in [2.45, 2.75) is 50.9 Å². The Balaban J connectivity index is 1.11. The van der Waals surface area contributed by atoms with Crippen molar-refractivity contribution in [1.29, 1.82) is 0 Å². The van der Waals surface area contributed by atoms with E-state index in [4.69, 9.17) is 28.4 Å². The number of esters is 1. The maximum absolute atomic E-state index is 13.5. The molecule has 3 N–H and O–H groups in total. The summed E-state index contributed by atoms with van der Waals surface area (Å²) in [5, 5.41) is 37.9. The molecule has 0 radical (unpaired) electrons. The van der Waals surface area contributed by atoms with Gasteiger partial charge in [-0.05, 0) is 0 Å². The number of ether oxygens (including phenoxy) is 7. The smallest absolute Gasteiger partial charge is 0.313 e. The molecule has 14 nitrogen and oxygen atoms in total. The van der Waals surface area contributed by atoms with Crippen LogP contribution < -0.4 is 4.74 Å². The molecule has 0 amide bonds. The van der Waals surface area contributed by atoms with Crippen molar-refractivity contribution in [3.05, 3.63) is 41.0 Å². The first-order chi connectivity index (χ1) is 22.5. The Morgan fingerprint density at radius 2 is 1.34 bits per heavy atom. The number of carbonyl (C=O) groups is 1. The van der Waals surface area contributed by atoms with E-state index in [0.29, 0.717) is 38.5 Å². The van der Waals surface area contributed by atoms with Gasteiger partial charge in [0.25, 0.3) is 0 Å². The van der Waals surface area contributed by atoms with Gasteiger partial charge < -0.3 is 48.5 Å². The minimum atomic E-state index is -2.36. The second-order valence-corrected chi connectivity index (χ2v) is 10.3. The number of carbonyl (C=O) groups excluding carboxylic acids is 1. The molecule has 0 saturated carbocycles. The van der Waals surface area contributed by atoms with Crippen LogP contribution in [0, 0.1) is 35.0 Å². The van der Waals surface area contributed by atoms with E-state index in [1.807, 2.05) is 0 Å². The Bertz CT molecular complexity index is 1230. The zero-order valence-corrected chi connectivity index (χ0v) is 25.5. The first-order valence-electron chi connectivity index (χ1n) is 14.7. The second-order valence-electron chi connectivity index (χ2n) is 10.3. The second kappa shape index (κ2) is 19.8. The molecule has 0 spiro atoms. The van der Waals surface area contributed by atoms with E-state index in [1.165, 1.54) is 0 Å². The van der Waals surface area contributed by atoms with Gasteiger partial charge in [-0.25, -0.2) is 17.9 Å². The molecule has 0 unspecified atom stereocenters. The van der Waals surface area contributed by atoms with E-state index in [0.717, 1.165) is 0 Å². The lowest BCUT2D eigenvalue weighted by atomic mass is 9.93. The molecule has 1 aliphatic heterocycles. The van der Waals surface area contributed by atoms with E-state index in [9.17, 15) is 42.1 Å². The number of rotatable bonds is 21. The Morgan fingerprint density at radius 1 is 0.787 bits per heavy atom. The average Bonchev–Trinajstić information content (AvgIpc) is 3.52. The Labute approximate surface area is 266 Å². The summed E-state index contributed by atoms with van der Waals surface area (Å²) in [6, 6.07) is 0. The SMILES string of the molecule is C[C@@H]1[C@@H](O)[C@@H](O)[C@@H](COCCc2cn(CCOCCOCCOCCOCCC(=O)Oc3c(F)c(F)c(F)c(F)c3F)nn2)O[C@H]1O. The van der Waals surface area contributed by atoms with Crippen LogP contribution in [-0.4, -0.2) is 127 Å². The summed E-state index contributed by atoms with van der Waals surface area (Å²) in [4.78, 5) is 11.7. The molecule has 1 aromatic heterocycles. The molecule has 19 heteroatoms. The van der Waals surface area contributed by atoms with Gasteiger partial charge >= 0.3 is 5.97 Å². The van der Waals surface area contributed by atoms with Crippen LogP contribution in [0.15, 0.2) is 6.20 Å². The molecule has 1 aliphatic rings. The van der Waals surface area contributed by atoms with Crippen LogP contribution in [0.2, 0.25) is 0 Å². The van der Waals surface area contributed by atoms with Gasteiger partial charge in [-0.2, -0.15) is 8.78 Å². The fraction of sp³-hybridized carbons (Fsp3) is 0.679. The van der Waals surface area contributed by atoms with Gasteiger partial charge in [-0.1, -0.05) is 12.1 Å². The average molecular weight is 688 g/mol. The minimum absolute atomic E-state index is 0.000678. The van der Waals surface area contributed by atoms with Crippen molar-refractivity contribution >= 4 is 5.97 Å². The predicted octanol–water partition coefficient (Wildman–Crippen LogP) is 0.670. The van der Waals surface area contributed by atoms with Crippen LogP contribution in [0.5, 0.6) is 5.75 Å². The first-order valence-corrected chi connectivity index (χ1v) is 14.7. The normalized spacial score (nSPS) is 21.3. The van der Waals surface area contributed by atoms with Crippen LogP contribution in [0.25, 0.3) is 0 Å². The predicted molar refractivity (Wildman–Crippen MR) is 146 cm³/mol. The fourth-order valence-corrected chi connectivity index (χ4v) is 4.07. The van der Waals surface area contributed by atoms with E-state index < -0.39 is 77.7 Å². The Kier molecular flexibility index (Phi) is 16.3. The van der Waals surface area contributed by atoms with Gasteiger partial charge in [0, 0.05) is 18.5 Å². The molecule has 2 aromatic rings. The highest BCUT2D eigenvalue weighted by atomic mass is 19.2. The van der Waals surface area contributed by atoms with E-state index >= 15 is 0 Å². The molecular formula is C28H38F5N3O11. The Morgan fingerprint density at radius 3 is 1.96 bits per heavy atom. The quantitative estimate of drug-likeness (QED) is 0.0418. The lowest BCUT2D eigenvalue weighted by molar-refractivity contribution is -0.268. The number of hydrogen-bond donors (Lipinski definition) is 3. The molecule has 1 saturated heterocycles. The summed E-state index contributed by atoms with van der Waals surface area (Å²) < 4.78 is 104. The van der Waals surface area contributed by atoms with Gasteiger partial charge in [0.2, 0.25) is 34.8 Å². The molecule has 5 atom stereocenters. The summed E-state index contributed by atoms with van der Waals surface area (Å²) >= 11 is 0. The number of hydrogen-bond acceptors (Lipinski definition) is 13. The van der Waals surface area contributed by atoms with Gasteiger partial charge in [-0.3, -0.25) is 4.79 Å². The maximum Gasteiger partial charge on any atom is 0.313 e. The van der Waals surface area contributed by atoms with Gasteiger partial charge in [0.15, 0.2) is 6.29 Å². The molecule has 47 heavy (non-hydrogen) atoms. The van der Waals surface area contributed by atoms with Crippen molar-refractivity contribution < 1.29 is 75.2 Å². The summed E-state index contributed by atoms with van der Waals surface area (Å²) in [6.07, 6.45) is -2.58. The van der Waals surface area contributed by atoms with Gasteiger partial charge in [0.05, 0.1) is 90.8 Å². The molecule has 0 bridgehead atoms. The van der Waals surface area contributed by atoms with Crippen molar-refractivity contribution in [2.75, 3.05) is 66.1 Å². The highest BCUT2D eigenvalue weighted by Gasteiger charge is 2.41. The summed E-state index contributed by atoms with van der Waals surface area (Å²) in [6.45, 7) is 3.81. The highest BCUT2D eigenvalue weighted by Crippen LogP contribution is 2.29. The van der Waals surface area contributed by atoms with E-state index in [-0.39, 0.29) is 46.2 Å². The maximum atomic E-state index is 13.5. The largest absolute Gasteiger partial charge is 0.420 e. The Hall–Kier alpha value is -2.88. The number of nitrogens with zero attached hydrogens (tertiary/aromatic N) is 3. The molecule has 2 heterocycles. The summed E-state index contributed by atoms with van der Waals surface area (Å²) in [7, 11) is 0. The lowest BCUT2D eigenvalue weighted by Crippen LogP contribution is -2.54. The zero-order chi connectivity index (χ0) is 34.3. The number of aromatic nitrogens is 3. The minimum Gasteiger partial charge on any atom is -0.420 e. The third-order valence-electron chi connectivity index (χ3n) is 6.82. The number of halogens is 5. The third-order valence-corrected chi connectivity index (χ3v) is 6.82. The van der Waals surface area contributed by atoms with Gasteiger partial charge in [0.1, 0.15) is 12.2 Å². The zero-order valence-electron chi connectivity index (χ0n) is 25.5. The monoisotopic (exact) mass is 687 g/mol. The number of aliphatic hydroxyl groups excluding tert-OH is 3. The van der Waals surface area contributed by atoms with Crippen molar-refractivity contribution in [3.8, 4) is 5.75 Å². The van der Waals surface area contributed by atoms with E-state index in [2.05, 4.69) is 15.0 Å². The molecular weight excluding hydrogens is 649 g/mol. The molecule has 1 aromatic carbocycles. The lowest BCUT2D eigenvalue weighted by Gasteiger charge is -2.39. The standard InChI is InChI=1S/C28H38F5N3O11/c1-16-25(38)26(39)18(46-28(16)40)15-45-5-2-17-14-36(35-34-17)4-7-42-9-11-44-13-12-43-10-8-41-6-3-19(37)47-27-23(32)21(30)20(29)22(31)24(27)33/h14,16,18,25-26,28,38-40H,2-13,15H2,1H3/t16-,18-,25-,26+,28-/m1/s1. The number of benzene rings is 1.